The summed E-state index contributed by atoms with van der Waals surface area (Å²) in [6.07, 6.45) is 1.09. The molecule has 8 heteroatoms. The molecule has 0 bridgehead atoms. The van der Waals surface area contributed by atoms with E-state index >= 15 is 0 Å². The van der Waals surface area contributed by atoms with E-state index in [4.69, 9.17) is 5.26 Å². The van der Waals surface area contributed by atoms with Crippen LogP contribution < -0.4 is 4.90 Å². The van der Waals surface area contributed by atoms with Gasteiger partial charge in [0.1, 0.15) is 17.6 Å². The van der Waals surface area contributed by atoms with Crippen molar-refractivity contribution in [1.29, 1.82) is 5.26 Å². The van der Waals surface area contributed by atoms with Gasteiger partial charge in [-0.1, -0.05) is 0 Å². The fraction of sp³-hybridized carbons (Fsp3) is 0.400. The maximum absolute atomic E-state index is 12.7. The molecule has 1 N–H and O–H groups in total. The van der Waals surface area contributed by atoms with E-state index in [1.165, 1.54) is 6.20 Å². The van der Waals surface area contributed by atoms with Crippen molar-refractivity contribution >= 4 is 5.69 Å². The third-order valence-electron chi connectivity index (χ3n) is 3.97. The Morgan fingerprint density at radius 1 is 1.35 bits per heavy atom. The van der Waals surface area contributed by atoms with Crippen LogP contribution in [-0.2, 0) is 6.18 Å². The molecule has 3 rings (SSSR count). The number of anilines is 1. The minimum Gasteiger partial charge on any atom is -0.370 e. The van der Waals surface area contributed by atoms with Crippen LogP contribution in [0.25, 0.3) is 0 Å². The summed E-state index contributed by atoms with van der Waals surface area (Å²) in [6.45, 7) is 1.27. The zero-order valence-electron chi connectivity index (χ0n) is 12.1. The number of pyridine rings is 1. The van der Waals surface area contributed by atoms with E-state index in [-0.39, 0.29) is 5.92 Å². The van der Waals surface area contributed by atoms with Gasteiger partial charge in [-0.3, -0.25) is 4.98 Å². The van der Waals surface area contributed by atoms with Gasteiger partial charge in [0, 0.05) is 31.4 Å². The summed E-state index contributed by atoms with van der Waals surface area (Å²) in [6, 6.07) is 3.85. The first-order chi connectivity index (χ1) is 11.0. The number of nitriles is 1. The normalized spacial score (nSPS) is 18.7. The van der Waals surface area contributed by atoms with Crippen molar-refractivity contribution < 1.29 is 13.2 Å². The molecule has 1 aliphatic rings. The number of nitrogens with zero attached hydrogens (tertiary/aromatic N) is 4. The minimum absolute atomic E-state index is 0.125. The van der Waals surface area contributed by atoms with Gasteiger partial charge in [0.2, 0.25) is 0 Å². The predicted octanol–water partition coefficient (Wildman–Crippen LogP) is 3.08. The van der Waals surface area contributed by atoms with Crippen molar-refractivity contribution in [2.24, 2.45) is 0 Å². The van der Waals surface area contributed by atoms with Gasteiger partial charge in [0.25, 0.3) is 0 Å². The zero-order valence-corrected chi connectivity index (χ0v) is 12.1. The number of imidazole rings is 1. The highest BCUT2D eigenvalue weighted by molar-refractivity contribution is 5.58. The first-order valence-electron chi connectivity index (χ1n) is 7.20. The molecule has 5 nitrogen and oxygen atoms in total. The van der Waals surface area contributed by atoms with Crippen molar-refractivity contribution in [3.05, 3.63) is 41.7 Å². The van der Waals surface area contributed by atoms with Gasteiger partial charge < -0.3 is 9.88 Å². The molecular formula is C15H14F3N5. The summed E-state index contributed by atoms with van der Waals surface area (Å²) in [4.78, 5) is 12.2. The monoisotopic (exact) mass is 321 g/mol. The standard InChI is InChI=1S/C15H14F3N5/c16-15(17,18)13-8-21-14(22-13)10-2-1-5-23(9-10)12-3-4-20-7-11(12)6-19/h3-4,7-8,10H,1-2,5,9H2,(H,21,22). The zero-order chi connectivity index (χ0) is 16.4. The Balaban J connectivity index is 1.81. The maximum Gasteiger partial charge on any atom is 0.432 e. The quantitative estimate of drug-likeness (QED) is 0.923. The Kier molecular flexibility index (Phi) is 3.94. The highest BCUT2D eigenvalue weighted by Crippen LogP contribution is 2.32. The van der Waals surface area contributed by atoms with Crippen molar-refractivity contribution in [2.45, 2.75) is 24.9 Å². The average Bonchev–Trinajstić information content (AvgIpc) is 3.05. The van der Waals surface area contributed by atoms with Gasteiger partial charge in [-0.25, -0.2) is 4.98 Å². The molecule has 0 radical (unpaired) electrons. The van der Waals surface area contributed by atoms with Crippen LogP contribution in [0.1, 0.15) is 35.8 Å². The summed E-state index contributed by atoms with van der Waals surface area (Å²) in [5.74, 6) is 0.217. The Labute approximate surface area is 130 Å². The van der Waals surface area contributed by atoms with Gasteiger partial charge in [0.15, 0.2) is 0 Å². The summed E-state index contributed by atoms with van der Waals surface area (Å²) in [5, 5.41) is 9.16. The molecule has 1 fully saturated rings. The van der Waals surface area contributed by atoms with Crippen LogP contribution in [0.3, 0.4) is 0 Å². The Hall–Kier alpha value is -2.56. The maximum atomic E-state index is 12.7. The van der Waals surface area contributed by atoms with E-state index in [2.05, 4.69) is 21.0 Å². The van der Waals surface area contributed by atoms with E-state index in [1.807, 2.05) is 4.90 Å². The Bertz CT molecular complexity index is 731. The van der Waals surface area contributed by atoms with E-state index in [0.717, 1.165) is 31.3 Å². The van der Waals surface area contributed by atoms with E-state index in [9.17, 15) is 13.2 Å². The van der Waals surface area contributed by atoms with Crippen LogP contribution in [0.15, 0.2) is 24.7 Å². The second-order valence-electron chi connectivity index (χ2n) is 5.47. The molecule has 1 unspecified atom stereocenters. The summed E-state index contributed by atoms with van der Waals surface area (Å²) in [5.41, 5.74) is 0.393. The molecule has 0 spiro atoms. The lowest BCUT2D eigenvalue weighted by Gasteiger charge is -2.34. The van der Waals surface area contributed by atoms with Crippen LogP contribution in [0, 0.1) is 11.3 Å². The number of aromatic amines is 1. The number of rotatable bonds is 2. The topological polar surface area (TPSA) is 68.6 Å². The number of aromatic nitrogens is 3. The molecule has 0 amide bonds. The van der Waals surface area contributed by atoms with Gasteiger partial charge in [0.05, 0.1) is 17.4 Å². The van der Waals surface area contributed by atoms with E-state index < -0.39 is 11.9 Å². The van der Waals surface area contributed by atoms with Crippen molar-refractivity contribution in [2.75, 3.05) is 18.0 Å². The fourth-order valence-corrected chi connectivity index (χ4v) is 2.86. The molecule has 23 heavy (non-hydrogen) atoms. The lowest BCUT2D eigenvalue weighted by Crippen LogP contribution is -2.35. The Morgan fingerprint density at radius 2 is 2.17 bits per heavy atom. The highest BCUT2D eigenvalue weighted by Gasteiger charge is 2.34. The van der Waals surface area contributed by atoms with Crippen LogP contribution in [-0.4, -0.2) is 28.0 Å². The van der Waals surface area contributed by atoms with Crippen LogP contribution in [0.5, 0.6) is 0 Å². The molecule has 120 valence electrons. The molecule has 0 aliphatic carbocycles. The second kappa shape index (κ2) is 5.91. The molecule has 0 saturated carbocycles. The molecule has 3 heterocycles. The second-order valence-corrected chi connectivity index (χ2v) is 5.47. The molecule has 2 aromatic heterocycles. The van der Waals surface area contributed by atoms with E-state index in [0.29, 0.717) is 17.9 Å². The Morgan fingerprint density at radius 3 is 2.87 bits per heavy atom. The minimum atomic E-state index is -4.42. The smallest absolute Gasteiger partial charge is 0.370 e. The number of nitrogens with one attached hydrogen (secondary N) is 1. The SMILES string of the molecule is N#Cc1cnccc1N1CCCC(c2ncc(C(F)(F)F)[nH]2)C1. The number of alkyl halides is 3. The van der Waals surface area contributed by atoms with Crippen molar-refractivity contribution in [1.82, 2.24) is 15.0 Å². The summed E-state index contributed by atoms with van der Waals surface area (Å²) >= 11 is 0. The fourth-order valence-electron chi connectivity index (χ4n) is 2.86. The number of piperidine rings is 1. The highest BCUT2D eigenvalue weighted by atomic mass is 19.4. The first-order valence-corrected chi connectivity index (χ1v) is 7.20. The number of hydrogen-bond donors (Lipinski definition) is 1. The molecule has 0 aromatic carbocycles. The van der Waals surface area contributed by atoms with Crippen molar-refractivity contribution in [3.63, 3.8) is 0 Å². The first kappa shape index (κ1) is 15.3. The van der Waals surface area contributed by atoms with Crippen LogP contribution >= 0.6 is 0 Å². The third-order valence-corrected chi connectivity index (χ3v) is 3.97. The molecule has 1 saturated heterocycles. The number of halogens is 3. The van der Waals surface area contributed by atoms with Gasteiger partial charge >= 0.3 is 6.18 Å². The summed E-state index contributed by atoms with van der Waals surface area (Å²) in [7, 11) is 0. The number of H-pyrrole nitrogens is 1. The molecule has 1 atom stereocenters. The molecular weight excluding hydrogens is 307 g/mol. The van der Waals surface area contributed by atoms with Gasteiger partial charge in [-0.05, 0) is 18.9 Å². The lowest BCUT2D eigenvalue weighted by atomic mass is 9.96. The number of hydrogen-bond acceptors (Lipinski definition) is 4. The predicted molar refractivity (Wildman–Crippen MR) is 76.7 cm³/mol. The van der Waals surface area contributed by atoms with Crippen LogP contribution in [0.4, 0.5) is 18.9 Å². The van der Waals surface area contributed by atoms with Gasteiger partial charge in [-0.15, -0.1) is 0 Å². The van der Waals surface area contributed by atoms with Crippen molar-refractivity contribution in [3.8, 4) is 6.07 Å². The largest absolute Gasteiger partial charge is 0.432 e. The molecule has 1 aliphatic heterocycles. The molecule has 2 aromatic rings. The third kappa shape index (κ3) is 3.13. The average molecular weight is 321 g/mol. The lowest BCUT2D eigenvalue weighted by molar-refractivity contribution is -0.141. The van der Waals surface area contributed by atoms with E-state index in [1.54, 1.807) is 12.3 Å². The summed E-state index contributed by atoms with van der Waals surface area (Å²) < 4.78 is 38.1. The van der Waals surface area contributed by atoms with Gasteiger partial charge in [-0.2, -0.15) is 18.4 Å². The van der Waals surface area contributed by atoms with Crippen LogP contribution in [0.2, 0.25) is 0 Å².